The van der Waals surface area contributed by atoms with Gasteiger partial charge in [-0.3, -0.25) is 9.59 Å². The summed E-state index contributed by atoms with van der Waals surface area (Å²) in [5, 5.41) is 9.03. The van der Waals surface area contributed by atoms with Crippen LogP contribution in [-0.2, 0) is 20.7 Å². The molecule has 102 valence electrons. The zero-order valence-corrected chi connectivity index (χ0v) is 10.9. The number of hydrogen-bond acceptors (Lipinski definition) is 4. The van der Waals surface area contributed by atoms with Crippen LogP contribution in [0, 0.1) is 6.92 Å². The maximum absolute atomic E-state index is 11.7. The van der Waals surface area contributed by atoms with E-state index in [0.717, 1.165) is 5.56 Å². The first kappa shape index (κ1) is 14.9. The number of Topliss-reactive ketones (excluding diaryl/α,β-unsaturated/α-hetero) is 1. The van der Waals surface area contributed by atoms with Gasteiger partial charge in [-0.25, -0.2) is 4.79 Å². The number of hydrogen-bond donors (Lipinski definition) is 1. The van der Waals surface area contributed by atoms with Crippen molar-refractivity contribution in [2.75, 3.05) is 6.61 Å². The second-order valence-electron chi connectivity index (χ2n) is 4.16. The Balaban J connectivity index is 2.81. The first-order valence-electron chi connectivity index (χ1n) is 5.94. The number of carbonyl (C=O) groups is 3. The van der Waals surface area contributed by atoms with Crippen molar-refractivity contribution in [2.24, 2.45) is 0 Å². The maximum Gasteiger partial charge on any atom is 0.335 e. The Bertz CT molecular complexity index is 505. The van der Waals surface area contributed by atoms with Gasteiger partial charge in [-0.2, -0.15) is 0 Å². The summed E-state index contributed by atoms with van der Waals surface area (Å²) in [6, 6.07) is 4.78. The van der Waals surface area contributed by atoms with Crippen molar-refractivity contribution in [2.45, 2.75) is 26.7 Å². The van der Waals surface area contributed by atoms with Gasteiger partial charge in [-0.05, 0) is 25.5 Å². The van der Waals surface area contributed by atoms with Crippen molar-refractivity contribution in [3.05, 3.63) is 34.9 Å². The van der Waals surface area contributed by atoms with Crippen LogP contribution in [0.3, 0.4) is 0 Å². The molecular formula is C14H16O5. The van der Waals surface area contributed by atoms with Crippen molar-refractivity contribution in [3.8, 4) is 0 Å². The molecule has 0 spiro atoms. The number of ether oxygens (including phenoxy) is 1. The average Bonchev–Trinajstić information content (AvgIpc) is 2.28. The van der Waals surface area contributed by atoms with Crippen molar-refractivity contribution in [1.29, 1.82) is 0 Å². The van der Waals surface area contributed by atoms with Gasteiger partial charge in [-0.15, -0.1) is 0 Å². The number of aromatic carboxylic acids is 1. The summed E-state index contributed by atoms with van der Waals surface area (Å²) in [5.74, 6) is -2.03. The van der Waals surface area contributed by atoms with Gasteiger partial charge in [0.1, 0.15) is 12.2 Å². The lowest BCUT2D eigenvalue weighted by Gasteiger charge is -2.07. The number of ketones is 1. The minimum absolute atomic E-state index is 0.0812. The Kier molecular flexibility index (Phi) is 5.23. The van der Waals surface area contributed by atoms with Gasteiger partial charge < -0.3 is 9.84 Å². The molecule has 0 heterocycles. The smallest absolute Gasteiger partial charge is 0.335 e. The lowest BCUT2D eigenvalue weighted by Crippen LogP contribution is -2.14. The van der Waals surface area contributed by atoms with Crippen LogP contribution in [0.5, 0.6) is 0 Å². The van der Waals surface area contributed by atoms with Crippen LogP contribution in [-0.4, -0.2) is 29.4 Å². The van der Waals surface area contributed by atoms with Gasteiger partial charge in [0.15, 0.2) is 0 Å². The molecule has 0 unspecified atom stereocenters. The molecule has 0 radical (unpaired) electrons. The van der Waals surface area contributed by atoms with E-state index in [1.54, 1.807) is 19.1 Å². The molecule has 0 aliphatic heterocycles. The lowest BCUT2D eigenvalue weighted by molar-refractivity contribution is -0.145. The molecule has 0 atom stereocenters. The molecule has 0 aliphatic carbocycles. The van der Waals surface area contributed by atoms with Gasteiger partial charge in [0.05, 0.1) is 12.2 Å². The topological polar surface area (TPSA) is 80.7 Å². The average molecular weight is 264 g/mol. The summed E-state index contributed by atoms with van der Waals surface area (Å²) < 4.78 is 4.68. The summed E-state index contributed by atoms with van der Waals surface area (Å²) in [4.78, 5) is 33.9. The van der Waals surface area contributed by atoms with Crippen LogP contribution >= 0.6 is 0 Å². The fourth-order valence-corrected chi connectivity index (χ4v) is 1.73. The van der Waals surface area contributed by atoms with Crippen LogP contribution in [0.2, 0.25) is 0 Å². The fourth-order valence-electron chi connectivity index (χ4n) is 1.73. The summed E-state index contributed by atoms with van der Waals surface area (Å²) in [6.45, 7) is 3.69. The quantitative estimate of drug-likeness (QED) is 0.625. The highest BCUT2D eigenvalue weighted by Gasteiger charge is 2.16. The normalized spacial score (nSPS) is 10.0. The standard InChI is InChI=1S/C14H16O5/c1-3-19-13(16)8-11(15)7-10-6-9(2)4-5-12(10)14(17)18/h4-6H,3,7-8H2,1-2H3,(H,17,18). The van der Waals surface area contributed by atoms with Crippen LogP contribution < -0.4 is 0 Å². The molecule has 0 saturated heterocycles. The highest BCUT2D eigenvalue weighted by atomic mass is 16.5. The highest BCUT2D eigenvalue weighted by Crippen LogP contribution is 2.14. The molecule has 1 aromatic carbocycles. The molecule has 1 N–H and O–H groups in total. The largest absolute Gasteiger partial charge is 0.478 e. The van der Waals surface area contributed by atoms with E-state index in [-0.39, 0.29) is 30.8 Å². The molecule has 0 bridgehead atoms. The van der Waals surface area contributed by atoms with Crippen molar-refractivity contribution in [1.82, 2.24) is 0 Å². The number of esters is 1. The number of carbonyl (C=O) groups excluding carboxylic acids is 2. The van der Waals surface area contributed by atoms with E-state index in [9.17, 15) is 14.4 Å². The zero-order chi connectivity index (χ0) is 14.4. The maximum atomic E-state index is 11.7. The van der Waals surface area contributed by atoms with Gasteiger partial charge in [0, 0.05) is 6.42 Å². The summed E-state index contributed by atoms with van der Waals surface area (Å²) in [7, 11) is 0. The summed E-state index contributed by atoms with van der Waals surface area (Å²) >= 11 is 0. The van der Waals surface area contributed by atoms with E-state index >= 15 is 0 Å². The molecule has 1 aromatic rings. The summed E-state index contributed by atoms with van der Waals surface area (Å²) in [5.41, 5.74) is 1.37. The molecule has 19 heavy (non-hydrogen) atoms. The Morgan fingerprint density at radius 1 is 1.26 bits per heavy atom. The molecule has 0 amide bonds. The van der Waals surface area contributed by atoms with Gasteiger partial charge in [0.25, 0.3) is 0 Å². The van der Waals surface area contributed by atoms with E-state index in [1.807, 2.05) is 6.92 Å². The van der Waals surface area contributed by atoms with E-state index in [1.165, 1.54) is 6.07 Å². The molecule has 0 aliphatic rings. The molecule has 0 fully saturated rings. The second-order valence-corrected chi connectivity index (χ2v) is 4.16. The van der Waals surface area contributed by atoms with Crippen molar-refractivity contribution in [3.63, 3.8) is 0 Å². The second kappa shape index (κ2) is 6.68. The monoisotopic (exact) mass is 264 g/mol. The van der Waals surface area contributed by atoms with Gasteiger partial charge in [0.2, 0.25) is 0 Å². The number of carboxylic acid groups (broad SMARTS) is 1. The number of carboxylic acids is 1. The Morgan fingerprint density at radius 3 is 2.53 bits per heavy atom. The van der Waals surface area contributed by atoms with Crippen LogP contribution in [0.1, 0.15) is 34.8 Å². The Labute approximate surface area is 111 Å². The van der Waals surface area contributed by atoms with E-state index in [4.69, 9.17) is 5.11 Å². The third-order valence-corrected chi connectivity index (χ3v) is 2.53. The summed E-state index contributed by atoms with van der Waals surface area (Å²) in [6.07, 6.45) is -0.414. The first-order valence-corrected chi connectivity index (χ1v) is 5.94. The highest BCUT2D eigenvalue weighted by molar-refractivity contribution is 5.98. The van der Waals surface area contributed by atoms with E-state index < -0.39 is 11.9 Å². The van der Waals surface area contributed by atoms with Crippen LogP contribution in [0.25, 0.3) is 0 Å². The fraction of sp³-hybridized carbons (Fsp3) is 0.357. The lowest BCUT2D eigenvalue weighted by atomic mass is 9.99. The van der Waals surface area contributed by atoms with E-state index in [0.29, 0.717) is 5.56 Å². The number of rotatable bonds is 6. The third-order valence-electron chi connectivity index (χ3n) is 2.53. The minimum atomic E-state index is -1.08. The van der Waals surface area contributed by atoms with E-state index in [2.05, 4.69) is 4.74 Å². The molecular weight excluding hydrogens is 248 g/mol. The molecule has 1 rings (SSSR count). The molecule has 0 saturated carbocycles. The minimum Gasteiger partial charge on any atom is -0.478 e. The first-order chi connectivity index (χ1) is 8.93. The van der Waals surface area contributed by atoms with Crippen molar-refractivity contribution >= 4 is 17.7 Å². The predicted molar refractivity (Wildman–Crippen MR) is 68.1 cm³/mol. The van der Waals surface area contributed by atoms with Gasteiger partial charge in [-0.1, -0.05) is 17.7 Å². The number of aryl methyl sites for hydroxylation is 1. The Hall–Kier alpha value is -2.17. The molecule has 5 heteroatoms. The number of benzene rings is 1. The zero-order valence-electron chi connectivity index (χ0n) is 10.9. The predicted octanol–water partition coefficient (Wildman–Crippen LogP) is 1.76. The third kappa shape index (κ3) is 4.54. The SMILES string of the molecule is CCOC(=O)CC(=O)Cc1cc(C)ccc1C(=O)O. The molecule has 5 nitrogen and oxygen atoms in total. The van der Waals surface area contributed by atoms with Crippen molar-refractivity contribution < 1.29 is 24.2 Å². The Morgan fingerprint density at radius 2 is 1.95 bits per heavy atom. The van der Waals surface area contributed by atoms with Crippen LogP contribution in [0.4, 0.5) is 0 Å². The van der Waals surface area contributed by atoms with Gasteiger partial charge >= 0.3 is 11.9 Å². The molecule has 0 aromatic heterocycles. The van der Waals surface area contributed by atoms with Crippen LogP contribution in [0.15, 0.2) is 18.2 Å².